The molecule has 0 aliphatic rings. The average molecular weight is 391 g/mol. The fourth-order valence-electron chi connectivity index (χ4n) is 2.30. The molecule has 3 rings (SSSR count). The SMILES string of the molecule is CCS(=O)(=O)c1nc2ccc(C)cc2nc1-c1ccc(Br)cc1. The highest BCUT2D eigenvalue weighted by molar-refractivity contribution is 9.10. The average Bonchev–Trinajstić information content (AvgIpc) is 2.54. The molecular weight excluding hydrogens is 376 g/mol. The van der Waals surface area contributed by atoms with Crippen LogP contribution < -0.4 is 0 Å². The van der Waals surface area contributed by atoms with Gasteiger partial charge in [0.2, 0.25) is 0 Å². The van der Waals surface area contributed by atoms with Gasteiger partial charge in [0, 0.05) is 10.0 Å². The number of nitrogens with zero attached hydrogens (tertiary/aromatic N) is 2. The number of hydrogen-bond acceptors (Lipinski definition) is 4. The van der Waals surface area contributed by atoms with Gasteiger partial charge in [-0.1, -0.05) is 41.1 Å². The molecule has 2 aromatic carbocycles. The van der Waals surface area contributed by atoms with Gasteiger partial charge in [-0.2, -0.15) is 0 Å². The molecule has 0 aliphatic carbocycles. The summed E-state index contributed by atoms with van der Waals surface area (Å²) in [5.41, 5.74) is 3.47. The molecule has 1 heterocycles. The van der Waals surface area contributed by atoms with E-state index in [1.165, 1.54) is 0 Å². The van der Waals surface area contributed by atoms with Crippen molar-refractivity contribution in [2.75, 3.05) is 5.75 Å². The molecule has 0 atom stereocenters. The Labute approximate surface area is 143 Å². The Bertz CT molecular complexity index is 983. The molecule has 0 saturated carbocycles. The number of sulfone groups is 1. The fourth-order valence-corrected chi connectivity index (χ4v) is 3.53. The first kappa shape index (κ1) is 16.1. The monoisotopic (exact) mass is 390 g/mol. The molecule has 23 heavy (non-hydrogen) atoms. The van der Waals surface area contributed by atoms with Crippen molar-refractivity contribution in [2.45, 2.75) is 18.9 Å². The van der Waals surface area contributed by atoms with Gasteiger partial charge < -0.3 is 0 Å². The number of hydrogen-bond donors (Lipinski definition) is 0. The minimum Gasteiger partial charge on any atom is -0.243 e. The first-order chi connectivity index (χ1) is 10.9. The number of aromatic nitrogens is 2. The van der Waals surface area contributed by atoms with Crippen LogP contribution in [0.25, 0.3) is 22.3 Å². The summed E-state index contributed by atoms with van der Waals surface area (Å²) in [6, 6.07) is 13.0. The Kier molecular flexibility index (Phi) is 4.21. The second-order valence-electron chi connectivity index (χ2n) is 5.28. The summed E-state index contributed by atoms with van der Waals surface area (Å²) < 4.78 is 25.8. The van der Waals surface area contributed by atoms with Gasteiger partial charge in [-0.15, -0.1) is 0 Å². The van der Waals surface area contributed by atoms with Crippen molar-refractivity contribution >= 4 is 36.8 Å². The third kappa shape index (κ3) is 3.14. The third-order valence-electron chi connectivity index (χ3n) is 3.58. The lowest BCUT2D eigenvalue weighted by molar-refractivity contribution is 0.594. The molecule has 0 amide bonds. The fraction of sp³-hybridized carbons (Fsp3) is 0.176. The molecular formula is C17H15BrN2O2S. The molecule has 0 aliphatic heterocycles. The van der Waals surface area contributed by atoms with Crippen molar-refractivity contribution in [3.63, 3.8) is 0 Å². The Balaban J connectivity index is 2.36. The van der Waals surface area contributed by atoms with Gasteiger partial charge in [-0.3, -0.25) is 0 Å². The summed E-state index contributed by atoms with van der Waals surface area (Å²) in [5, 5.41) is 0.0404. The van der Waals surface area contributed by atoms with Crippen molar-refractivity contribution in [1.29, 1.82) is 0 Å². The molecule has 6 heteroatoms. The summed E-state index contributed by atoms with van der Waals surface area (Å²) >= 11 is 3.38. The quantitative estimate of drug-likeness (QED) is 0.673. The molecule has 0 bridgehead atoms. The van der Waals surface area contributed by atoms with E-state index in [0.29, 0.717) is 16.7 Å². The van der Waals surface area contributed by atoms with E-state index in [1.54, 1.807) is 13.0 Å². The highest BCUT2D eigenvalue weighted by atomic mass is 79.9. The first-order valence-corrected chi connectivity index (χ1v) is 9.62. The minimum absolute atomic E-state index is 0.0113. The van der Waals surface area contributed by atoms with Gasteiger partial charge >= 0.3 is 0 Å². The van der Waals surface area contributed by atoms with E-state index in [0.717, 1.165) is 15.6 Å². The molecule has 0 fully saturated rings. The van der Waals surface area contributed by atoms with Crippen LogP contribution in [0, 0.1) is 6.92 Å². The van der Waals surface area contributed by atoms with Crippen molar-refractivity contribution in [3.05, 3.63) is 52.5 Å². The number of fused-ring (bicyclic) bond motifs is 1. The molecule has 0 radical (unpaired) electrons. The van der Waals surface area contributed by atoms with Crippen LogP contribution in [-0.4, -0.2) is 24.1 Å². The van der Waals surface area contributed by atoms with Crippen LogP contribution >= 0.6 is 15.9 Å². The van der Waals surface area contributed by atoms with Gasteiger partial charge in [-0.25, -0.2) is 18.4 Å². The van der Waals surface area contributed by atoms with Crippen LogP contribution in [0.3, 0.4) is 0 Å². The zero-order chi connectivity index (χ0) is 16.6. The molecule has 3 aromatic rings. The van der Waals surface area contributed by atoms with E-state index in [-0.39, 0.29) is 10.8 Å². The maximum atomic E-state index is 12.5. The summed E-state index contributed by atoms with van der Waals surface area (Å²) in [6.07, 6.45) is 0. The maximum Gasteiger partial charge on any atom is 0.197 e. The normalized spacial score (nSPS) is 11.8. The van der Waals surface area contributed by atoms with Crippen LogP contribution in [0.5, 0.6) is 0 Å². The molecule has 0 spiro atoms. The third-order valence-corrected chi connectivity index (χ3v) is 5.74. The summed E-state index contributed by atoms with van der Waals surface area (Å²) in [4.78, 5) is 8.99. The second kappa shape index (κ2) is 6.02. The predicted octanol–water partition coefficient (Wildman–Crippen LogP) is 4.16. The summed E-state index contributed by atoms with van der Waals surface area (Å²) in [7, 11) is -3.47. The first-order valence-electron chi connectivity index (χ1n) is 7.18. The van der Waals surface area contributed by atoms with E-state index < -0.39 is 9.84 Å². The second-order valence-corrected chi connectivity index (χ2v) is 8.39. The van der Waals surface area contributed by atoms with Gasteiger partial charge in [-0.05, 0) is 36.8 Å². The summed E-state index contributed by atoms with van der Waals surface area (Å²) in [5.74, 6) is -0.0113. The zero-order valence-corrected chi connectivity index (χ0v) is 15.1. The van der Waals surface area contributed by atoms with Gasteiger partial charge in [0.1, 0.15) is 5.69 Å². The smallest absolute Gasteiger partial charge is 0.197 e. The molecule has 1 aromatic heterocycles. The lowest BCUT2D eigenvalue weighted by atomic mass is 10.1. The highest BCUT2D eigenvalue weighted by Crippen LogP contribution is 2.28. The van der Waals surface area contributed by atoms with Crippen molar-refractivity contribution in [3.8, 4) is 11.3 Å². The van der Waals surface area contributed by atoms with Crippen molar-refractivity contribution in [1.82, 2.24) is 9.97 Å². The van der Waals surface area contributed by atoms with Gasteiger partial charge in [0.15, 0.2) is 14.9 Å². The van der Waals surface area contributed by atoms with E-state index in [1.807, 2.05) is 43.3 Å². The van der Waals surface area contributed by atoms with Gasteiger partial charge in [0.25, 0.3) is 0 Å². The highest BCUT2D eigenvalue weighted by Gasteiger charge is 2.22. The molecule has 0 N–H and O–H groups in total. The predicted molar refractivity (Wildman–Crippen MR) is 95.1 cm³/mol. The maximum absolute atomic E-state index is 12.5. The van der Waals surface area contributed by atoms with E-state index in [4.69, 9.17) is 0 Å². The largest absolute Gasteiger partial charge is 0.243 e. The number of halogens is 1. The molecule has 0 saturated heterocycles. The number of rotatable bonds is 3. The van der Waals surface area contributed by atoms with E-state index in [9.17, 15) is 8.42 Å². The molecule has 0 unspecified atom stereocenters. The number of aryl methyl sites for hydroxylation is 1. The molecule has 4 nitrogen and oxygen atoms in total. The molecule has 118 valence electrons. The van der Waals surface area contributed by atoms with Gasteiger partial charge in [0.05, 0.1) is 16.8 Å². The summed E-state index contributed by atoms with van der Waals surface area (Å²) in [6.45, 7) is 3.58. The van der Waals surface area contributed by atoms with Crippen LogP contribution in [0.15, 0.2) is 52.0 Å². The van der Waals surface area contributed by atoms with E-state index >= 15 is 0 Å². The van der Waals surface area contributed by atoms with Crippen LogP contribution in [-0.2, 0) is 9.84 Å². The van der Waals surface area contributed by atoms with Crippen molar-refractivity contribution < 1.29 is 8.42 Å². The van der Waals surface area contributed by atoms with Crippen molar-refractivity contribution in [2.24, 2.45) is 0 Å². The Hall–Kier alpha value is -1.79. The Morgan fingerprint density at radius 1 is 1.00 bits per heavy atom. The number of benzene rings is 2. The Morgan fingerprint density at radius 3 is 2.35 bits per heavy atom. The topological polar surface area (TPSA) is 59.9 Å². The lowest BCUT2D eigenvalue weighted by Crippen LogP contribution is -2.10. The lowest BCUT2D eigenvalue weighted by Gasteiger charge is -2.10. The van der Waals surface area contributed by atoms with Crippen LogP contribution in [0.2, 0.25) is 0 Å². The minimum atomic E-state index is -3.47. The zero-order valence-electron chi connectivity index (χ0n) is 12.7. The van der Waals surface area contributed by atoms with Crippen LogP contribution in [0.1, 0.15) is 12.5 Å². The Morgan fingerprint density at radius 2 is 1.70 bits per heavy atom. The van der Waals surface area contributed by atoms with Crippen LogP contribution in [0.4, 0.5) is 0 Å². The standard InChI is InChI=1S/C17H15BrN2O2S/c1-3-23(21,22)17-16(12-5-7-13(18)8-6-12)19-15-10-11(2)4-9-14(15)20-17/h4-10H,3H2,1-2H3. The van der Waals surface area contributed by atoms with E-state index in [2.05, 4.69) is 25.9 Å².